The van der Waals surface area contributed by atoms with Gasteiger partial charge in [0.1, 0.15) is 0 Å². The lowest BCUT2D eigenvalue weighted by atomic mass is 11.0. The zero-order chi connectivity index (χ0) is 5.28. The number of aliphatic hydroxyl groups is 1. The predicted molar refractivity (Wildman–Crippen MR) is 25.1 cm³/mol. The van der Waals surface area contributed by atoms with Crippen molar-refractivity contribution >= 4 is 11.9 Å². The first kappa shape index (κ1) is 4.76. The lowest BCUT2D eigenvalue weighted by molar-refractivity contribution is -0.0579. The van der Waals surface area contributed by atoms with E-state index in [9.17, 15) is 0 Å². The Bertz CT molecular complexity index is 104. The molecule has 0 amide bonds. The van der Waals surface area contributed by atoms with Crippen molar-refractivity contribution in [3.05, 3.63) is 11.3 Å². The van der Waals surface area contributed by atoms with E-state index in [0.29, 0.717) is 5.17 Å². The molecule has 1 rings (SSSR count). The van der Waals surface area contributed by atoms with Gasteiger partial charge in [-0.2, -0.15) is 5.17 Å². The molecule has 0 spiro atoms. The summed E-state index contributed by atoms with van der Waals surface area (Å²) < 4.78 is 0. The van der Waals surface area contributed by atoms with Crippen molar-refractivity contribution < 1.29 is 10.3 Å². The number of hydroxylamine groups is 1. The SMILES string of the molecule is OC1=CN(O)NS1. The lowest BCUT2D eigenvalue weighted by Crippen LogP contribution is -2.18. The lowest BCUT2D eigenvalue weighted by Gasteiger charge is -1.99. The molecule has 1 heterocycles. The Morgan fingerprint density at radius 1 is 1.86 bits per heavy atom. The second-order valence-corrected chi connectivity index (χ2v) is 1.81. The van der Waals surface area contributed by atoms with Gasteiger partial charge in [-0.3, -0.25) is 5.21 Å². The number of hydrazine groups is 1. The van der Waals surface area contributed by atoms with E-state index in [2.05, 4.69) is 4.83 Å². The van der Waals surface area contributed by atoms with E-state index in [4.69, 9.17) is 10.3 Å². The summed E-state index contributed by atoms with van der Waals surface area (Å²) >= 11 is 0.948. The van der Waals surface area contributed by atoms with Crippen molar-refractivity contribution in [3.63, 3.8) is 0 Å². The van der Waals surface area contributed by atoms with Gasteiger partial charge in [-0.05, 0) is 0 Å². The smallest absolute Gasteiger partial charge is 0.187 e. The van der Waals surface area contributed by atoms with Crippen LogP contribution in [0.2, 0.25) is 0 Å². The van der Waals surface area contributed by atoms with Crippen LogP contribution < -0.4 is 4.83 Å². The third-order valence-electron chi connectivity index (χ3n) is 0.476. The maximum absolute atomic E-state index is 8.46. The molecule has 0 radical (unpaired) electrons. The van der Waals surface area contributed by atoms with Gasteiger partial charge < -0.3 is 5.11 Å². The molecule has 0 saturated heterocycles. The summed E-state index contributed by atoms with van der Waals surface area (Å²) in [6, 6.07) is 0. The highest BCUT2D eigenvalue weighted by atomic mass is 32.2. The van der Waals surface area contributed by atoms with E-state index in [1.807, 2.05) is 0 Å². The summed E-state index contributed by atoms with van der Waals surface area (Å²) in [6.07, 6.45) is 1.16. The number of nitrogens with zero attached hydrogens (tertiary/aromatic N) is 1. The van der Waals surface area contributed by atoms with Crippen molar-refractivity contribution in [2.75, 3.05) is 0 Å². The molecule has 3 N–H and O–H groups in total. The van der Waals surface area contributed by atoms with Crippen LogP contribution in [0.15, 0.2) is 11.3 Å². The van der Waals surface area contributed by atoms with Gasteiger partial charge in [-0.15, -0.1) is 4.83 Å². The zero-order valence-electron chi connectivity index (χ0n) is 3.33. The average Bonchev–Trinajstić information content (AvgIpc) is 1.87. The highest BCUT2D eigenvalue weighted by molar-refractivity contribution is 8.01. The van der Waals surface area contributed by atoms with Crippen LogP contribution in [-0.4, -0.2) is 15.5 Å². The molecular formula is C2H4N2O2S. The van der Waals surface area contributed by atoms with Gasteiger partial charge in [0.2, 0.25) is 0 Å². The Morgan fingerprint density at radius 3 is 2.71 bits per heavy atom. The standard InChI is InChI=1S/C2H4N2O2S/c5-2-1-4(6)3-7-2/h1,3,5-6H. The van der Waals surface area contributed by atoms with Crippen LogP contribution in [0.3, 0.4) is 0 Å². The molecule has 0 fully saturated rings. The normalized spacial score (nSPS) is 20.1. The van der Waals surface area contributed by atoms with E-state index in [1.54, 1.807) is 0 Å². The van der Waals surface area contributed by atoms with Gasteiger partial charge in [0.15, 0.2) is 5.09 Å². The quantitative estimate of drug-likeness (QED) is 0.399. The number of hydrogen-bond donors (Lipinski definition) is 3. The Labute approximate surface area is 44.5 Å². The molecule has 0 unspecified atom stereocenters. The largest absolute Gasteiger partial charge is 0.500 e. The van der Waals surface area contributed by atoms with Crippen molar-refractivity contribution in [2.24, 2.45) is 0 Å². The zero-order valence-corrected chi connectivity index (χ0v) is 4.14. The minimum Gasteiger partial charge on any atom is -0.500 e. The number of nitrogens with one attached hydrogen (secondary N) is 1. The molecule has 1 aliphatic rings. The number of hydrogen-bond acceptors (Lipinski definition) is 5. The highest BCUT2D eigenvalue weighted by Crippen LogP contribution is 2.13. The summed E-state index contributed by atoms with van der Waals surface area (Å²) in [5.41, 5.74) is 0. The summed E-state index contributed by atoms with van der Waals surface area (Å²) in [5, 5.41) is 17.6. The Hall–Kier alpha value is -0.390. The van der Waals surface area contributed by atoms with Crippen molar-refractivity contribution in [1.82, 2.24) is 10.0 Å². The fraction of sp³-hybridized carbons (Fsp3) is 0. The number of rotatable bonds is 0. The topological polar surface area (TPSA) is 55.7 Å². The molecule has 40 valence electrons. The molecule has 0 bridgehead atoms. The van der Waals surface area contributed by atoms with E-state index < -0.39 is 0 Å². The maximum atomic E-state index is 8.46. The van der Waals surface area contributed by atoms with Gasteiger partial charge in [0, 0.05) is 11.9 Å². The molecule has 1 aliphatic heterocycles. The summed E-state index contributed by atoms with van der Waals surface area (Å²) in [4.78, 5) is 2.33. The van der Waals surface area contributed by atoms with Crippen LogP contribution in [0.4, 0.5) is 0 Å². The molecule has 0 aromatic heterocycles. The van der Waals surface area contributed by atoms with E-state index in [1.165, 1.54) is 0 Å². The second-order valence-electron chi connectivity index (χ2n) is 1.01. The molecule has 0 aromatic rings. The molecular weight excluding hydrogens is 116 g/mol. The Balaban J connectivity index is 2.50. The molecule has 0 atom stereocenters. The molecule has 0 aromatic carbocycles. The van der Waals surface area contributed by atoms with Gasteiger partial charge in [-0.1, -0.05) is 0 Å². The molecule has 7 heavy (non-hydrogen) atoms. The van der Waals surface area contributed by atoms with Gasteiger partial charge in [0.25, 0.3) is 0 Å². The van der Waals surface area contributed by atoms with Gasteiger partial charge >= 0.3 is 0 Å². The van der Waals surface area contributed by atoms with E-state index >= 15 is 0 Å². The summed E-state index contributed by atoms with van der Waals surface area (Å²) in [5.74, 6) is 0. The first-order valence-electron chi connectivity index (χ1n) is 1.60. The van der Waals surface area contributed by atoms with Crippen molar-refractivity contribution in [3.8, 4) is 0 Å². The fourth-order valence-corrected chi connectivity index (χ4v) is 0.643. The predicted octanol–water partition coefficient (Wildman–Crippen LogP) is 0.201. The van der Waals surface area contributed by atoms with E-state index in [-0.39, 0.29) is 5.09 Å². The Kier molecular flexibility index (Phi) is 1.09. The first-order chi connectivity index (χ1) is 3.29. The monoisotopic (exact) mass is 120 g/mol. The third kappa shape index (κ3) is 0.986. The first-order valence-corrected chi connectivity index (χ1v) is 2.42. The molecule has 0 saturated carbocycles. The summed E-state index contributed by atoms with van der Waals surface area (Å²) in [6.45, 7) is 0. The van der Waals surface area contributed by atoms with Crippen LogP contribution in [0, 0.1) is 0 Å². The van der Waals surface area contributed by atoms with E-state index in [0.717, 1.165) is 18.1 Å². The third-order valence-corrected chi connectivity index (χ3v) is 1.07. The maximum Gasteiger partial charge on any atom is 0.187 e. The van der Waals surface area contributed by atoms with Crippen molar-refractivity contribution in [2.45, 2.75) is 0 Å². The van der Waals surface area contributed by atoms with Crippen LogP contribution in [0.25, 0.3) is 0 Å². The highest BCUT2D eigenvalue weighted by Gasteiger charge is 2.06. The van der Waals surface area contributed by atoms with Crippen LogP contribution in [0.1, 0.15) is 0 Å². The minimum atomic E-state index is 0.0579. The van der Waals surface area contributed by atoms with Crippen LogP contribution in [-0.2, 0) is 0 Å². The van der Waals surface area contributed by atoms with Crippen molar-refractivity contribution in [1.29, 1.82) is 0 Å². The minimum absolute atomic E-state index is 0.0579. The number of aliphatic hydroxyl groups excluding tert-OH is 1. The van der Waals surface area contributed by atoms with Gasteiger partial charge in [-0.25, -0.2) is 0 Å². The fourth-order valence-electron chi connectivity index (χ4n) is 0.251. The average molecular weight is 120 g/mol. The second kappa shape index (κ2) is 1.61. The van der Waals surface area contributed by atoms with Gasteiger partial charge in [0.05, 0.1) is 6.20 Å². The van der Waals surface area contributed by atoms with Crippen LogP contribution >= 0.6 is 11.9 Å². The molecule has 0 aliphatic carbocycles. The van der Waals surface area contributed by atoms with Crippen LogP contribution in [0.5, 0.6) is 0 Å². The molecule has 5 heteroatoms. The Morgan fingerprint density at radius 2 is 2.57 bits per heavy atom. The summed E-state index contributed by atoms with van der Waals surface area (Å²) in [7, 11) is 0. The molecule has 4 nitrogen and oxygen atoms in total.